The SMILES string of the molecule is CCc1c(-c2ccc3c(c2)cc2n3CC(C=N)CC2NC)[nH]c(=O)c(C(=O)O)c1O. The van der Waals surface area contributed by atoms with Crippen LogP contribution in [0.3, 0.4) is 0 Å². The number of aromatic amines is 1. The highest BCUT2D eigenvalue weighted by Crippen LogP contribution is 2.36. The molecular formula is C22H24N4O4. The topological polar surface area (TPSA) is 131 Å². The molecule has 3 heterocycles. The third-order valence-electron chi connectivity index (χ3n) is 5.98. The Labute approximate surface area is 172 Å². The molecule has 30 heavy (non-hydrogen) atoms. The number of carbonyl (C=O) groups is 1. The minimum atomic E-state index is -1.45. The fraction of sp³-hybridized carbons (Fsp3) is 0.318. The number of aromatic nitrogens is 2. The first-order valence-corrected chi connectivity index (χ1v) is 9.92. The minimum Gasteiger partial charge on any atom is -0.506 e. The number of aromatic hydroxyl groups is 1. The van der Waals surface area contributed by atoms with Crippen molar-refractivity contribution < 1.29 is 15.0 Å². The van der Waals surface area contributed by atoms with E-state index in [0.717, 1.165) is 29.6 Å². The van der Waals surface area contributed by atoms with Crippen LogP contribution in [0.1, 0.15) is 41.0 Å². The molecule has 156 valence electrons. The number of hydrogen-bond donors (Lipinski definition) is 5. The molecule has 2 aromatic heterocycles. The highest BCUT2D eigenvalue weighted by atomic mass is 16.4. The molecule has 8 nitrogen and oxygen atoms in total. The van der Waals surface area contributed by atoms with Gasteiger partial charge in [0.2, 0.25) is 0 Å². The zero-order valence-electron chi connectivity index (χ0n) is 16.8. The monoisotopic (exact) mass is 408 g/mol. The molecular weight excluding hydrogens is 384 g/mol. The van der Waals surface area contributed by atoms with Crippen molar-refractivity contribution in [2.24, 2.45) is 5.92 Å². The highest BCUT2D eigenvalue weighted by molar-refractivity contribution is 5.93. The summed E-state index contributed by atoms with van der Waals surface area (Å²) in [6.07, 6.45) is 2.73. The Bertz CT molecular complexity index is 1220. The van der Waals surface area contributed by atoms with Crippen LogP contribution < -0.4 is 10.9 Å². The minimum absolute atomic E-state index is 0.145. The molecule has 1 aliphatic rings. The Kier molecular flexibility index (Phi) is 4.95. The maximum atomic E-state index is 12.3. The van der Waals surface area contributed by atoms with Gasteiger partial charge in [0.1, 0.15) is 5.75 Å². The number of fused-ring (bicyclic) bond motifs is 3. The molecule has 3 aromatic rings. The Hall–Kier alpha value is -3.39. The van der Waals surface area contributed by atoms with Gasteiger partial charge in [-0.05, 0) is 43.7 Å². The number of nitrogens with zero attached hydrogens (tertiary/aromatic N) is 1. The summed E-state index contributed by atoms with van der Waals surface area (Å²) in [4.78, 5) is 26.3. The second kappa shape index (κ2) is 7.46. The summed E-state index contributed by atoms with van der Waals surface area (Å²) < 4.78 is 2.22. The summed E-state index contributed by atoms with van der Waals surface area (Å²) in [5.41, 5.74) is 2.25. The summed E-state index contributed by atoms with van der Waals surface area (Å²) in [6, 6.07) is 8.02. The second-order valence-corrected chi connectivity index (χ2v) is 7.65. The number of hydrogen-bond acceptors (Lipinski definition) is 5. The van der Waals surface area contributed by atoms with Crippen molar-refractivity contribution >= 4 is 23.1 Å². The van der Waals surface area contributed by atoms with Crippen molar-refractivity contribution in [1.29, 1.82) is 5.41 Å². The molecule has 0 spiro atoms. The van der Waals surface area contributed by atoms with E-state index in [2.05, 4.69) is 20.9 Å². The number of rotatable bonds is 5. The highest BCUT2D eigenvalue weighted by Gasteiger charge is 2.27. The number of carboxylic acid groups (broad SMARTS) is 1. The maximum absolute atomic E-state index is 12.3. The van der Waals surface area contributed by atoms with Crippen molar-refractivity contribution in [1.82, 2.24) is 14.9 Å². The van der Waals surface area contributed by atoms with Crippen LogP contribution in [0.25, 0.3) is 22.2 Å². The summed E-state index contributed by atoms with van der Waals surface area (Å²) >= 11 is 0. The molecule has 0 aliphatic carbocycles. The Morgan fingerprint density at radius 3 is 2.80 bits per heavy atom. The van der Waals surface area contributed by atoms with Crippen molar-refractivity contribution in [3.05, 3.63) is 51.4 Å². The van der Waals surface area contributed by atoms with Crippen LogP contribution in [0, 0.1) is 11.3 Å². The van der Waals surface area contributed by atoms with E-state index in [1.807, 2.05) is 25.2 Å². The molecule has 2 unspecified atom stereocenters. The maximum Gasteiger partial charge on any atom is 0.345 e. The lowest BCUT2D eigenvalue weighted by Crippen LogP contribution is -2.30. The first-order valence-electron chi connectivity index (χ1n) is 9.92. The molecule has 5 N–H and O–H groups in total. The van der Waals surface area contributed by atoms with E-state index in [-0.39, 0.29) is 12.0 Å². The van der Waals surface area contributed by atoms with Crippen LogP contribution in [0.4, 0.5) is 0 Å². The summed E-state index contributed by atoms with van der Waals surface area (Å²) in [5.74, 6) is -1.78. The normalized spacial score (nSPS) is 18.3. The van der Waals surface area contributed by atoms with Gasteiger partial charge in [0.25, 0.3) is 5.56 Å². The molecule has 1 aromatic carbocycles. The average Bonchev–Trinajstić information content (AvgIpc) is 3.10. The van der Waals surface area contributed by atoms with Gasteiger partial charge in [0, 0.05) is 46.9 Å². The molecule has 0 radical (unpaired) electrons. The number of pyridine rings is 1. The first kappa shape index (κ1) is 19.9. The van der Waals surface area contributed by atoms with Gasteiger partial charge in [0.15, 0.2) is 5.56 Å². The molecule has 0 saturated heterocycles. The number of carboxylic acids is 1. The lowest BCUT2D eigenvalue weighted by Gasteiger charge is -2.29. The van der Waals surface area contributed by atoms with E-state index < -0.39 is 22.8 Å². The van der Waals surface area contributed by atoms with Crippen LogP contribution in [0.2, 0.25) is 0 Å². The van der Waals surface area contributed by atoms with Crippen LogP contribution in [-0.4, -0.2) is 39.0 Å². The Balaban J connectivity index is 1.89. The molecule has 8 heteroatoms. The van der Waals surface area contributed by atoms with E-state index in [1.54, 1.807) is 6.92 Å². The van der Waals surface area contributed by atoms with E-state index >= 15 is 0 Å². The third kappa shape index (κ3) is 3.00. The van der Waals surface area contributed by atoms with E-state index in [4.69, 9.17) is 5.41 Å². The number of nitrogens with one attached hydrogen (secondary N) is 3. The average molecular weight is 408 g/mol. The van der Waals surface area contributed by atoms with Gasteiger partial charge in [-0.15, -0.1) is 0 Å². The molecule has 0 amide bonds. The lowest BCUT2D eigenvalue weighted by atomic mass is 9.95. The van der Waals surface area contributed by atoms with Crippen molar-refractivity contribution in [2.45, 2.75) is 32.4 Å². The van der Waals surface area contributed by atoms with Crippen LogP contribution in [0.5, 0.6) is 5.75 Å². The van der Waals surface area contributed by atoms with E-state index in [0.29, 0.717) is 23.2 Å². The smallest absolute Gasteiger partial charge is 0.345 e. The van der Waals surface area contributed by atoms with E-state index in [1.165, 1.54) is 6.21 Å². The standard InChI is InChI=1S/C22H24N4O4/c1-3-14-19(25-21(28)18(20(14)27)22(29)30)12-4-5-16-13(7-12)8-17-15(24-2)6-11(9-23)10-26(16)17/h4-5,7-9,11,15,23-24H,3,6,10H2,1-2H3,(H,29,30)(H2,25,27,28). The molecule has 0 saturated carbocycles. The molecule has 2 atom stereocenters. The second-order valence-electron chi connectivity index (χ2n) is 7.65. The molecule has 0 fully saturated rings. The van der Waals surface area contributed by atoms with Gasteiger partial charge < -0.3 is 30.5 Å². The predicted octanol–water partition coefficient (Wildman–Crippen LogP) is 2.89. The van der Waals surface area contributed by atoms with E-state index in [9.17, 15) is 19.8 Å². The summed E-state index contributed by atoms with van der Waals surface area (Å²) in [5, 5.41) is 31.6. The van der Waals surface area contributed by atoms with Gasteiger partial charge in [0.05, 0.1) is 5.69 Å². The van der Waals surface area contributed by atoms with Crippen LogP contribution in [0.15, 0.2) is 29.1 Å². The van der Waals surface area contributed by atoms with Gasteiger partial charge in [-0.3, -0.25) is 4.79 Å². The molecule has 0 bridgehead atoms. The fourth-order valence-corrected chi connectivity index (χ4v) is 4.48. The van der Waals surface area contributed by atoms with Gasteiger partial charge in [-0.2, -0.15) is 0 Å². The zero-order chi connectivity index (χ0) is 21.6. The largest absolute Gasteiger partial charge is 0.506 e. The van der Waals surface area contributed by atoms with Crippen molar-refractivity contribution in [3.63, 3.8) is 0 Å². The van der Waals surface area contributed by atoms with Gasteiger partial charge >= 0.3 is 5.97 Å². The molecule has 1 aliphatic heterocycles. The predicted molar refractivity (Wildman–Crippen MR) is 115 cm³/mol. The quantitative estimate of drug-likeness (QED) is 0.414. The number of H-pyrrole nitrogens is 1. The van der Waals surface area contributed by atoms with Gasteiger partial charge in [-0.25, -0.2) is 4.79 Å². The van der Waals surface area contributed by atoms with Crippen molar-refractivity contribution in [2.75, 3.05) is 7.05 Å². The third-order valence-corrected chi connectivity index (χ3v) is 5.98. The number of aromatic carboxylic acids is 1. The van der Waals surface area contributed by atoms with Crippen molar-refractivity contribution in [3.8, 4) is 17.0 Å². The lowest BCUT2D eigenvalue weighted by molar-refractivity contribution is 0.0691. The van der Waals surface area contributed by atoms with Crippen LogP contribution in [-0.2, 0) is 13.0 Å². The summed E-state index contributed by atoms with van der Waals surface area (Å²) in [7, 11) is 1.91. The Morgan fingerprint density at radius 1 is 1.40 bits per heavy atom. The number of benzene rings is 1. The Morgan fingerprint density at radius 2 is 2.17 bits per heavy atom. The summed E-state index contributed by atoms with van der Waals surface area (Å²) in [6.45, 7) is 2.54. The fourth-order valence-electron chi connectivity index (χ4n) is 4.48. The zero-order valence-corrected chi connectivity index (χ0v) is 16.8. The van der Waals surface area contributed by atoms with Gasteiger partial charge in [-0.1, -0.05) is 13.0 Å². The van der Waals surface area contributed by atoms with Crippen LogP contribution >= 0.6 is 0 Å². The molecule has 4 rings (SSSR count). The first-order chi connectivity index (χ1) is 14.4.